The molecule has 6 nitrogen and oxygen atoms in total. The van der Waals surface area contributed by atoms with E-state index < -0.39 is 17.9 Å². The highest BCUT2D eigenvalue weighted by molar-refractivity contribution is 7.98. The normalized spacial score (nSPS) is 11.4. The summed E-state index contributed by atoms with van der Waals surface area (Å²) in [6.45, 7) is 4.03. The maximum absolute atomic E-state index is 13.9. The minimum Gasteiger partial charge on any atom is -0.494 e. The van der Waals surface area contributed by atoms with Crippen molar-refractivity contribution >= 4 is 23.6 Å². The Bertz CT molecular complexity index is 1090. The second kappa shape index (κ2) is 11.9. The molecule has 3 aromatic rings. The first kappa shape index (κ1) is 24.1. The molecule has 33 heavy (non-hydrogen) atoms. The fraction of sp³-hybridized carbons (Fsp3) is 0.200. The summed E-state index contributed by atoms with van der Waals surface area (Å²) in [5, 5.41) is 0. The standard InChI is InChI=1S/C25H25FN2O4S/c1-3-31-19-12-14-20(15-13-19)32-17(2)24(29)27-28-25(30)21-9-5-7-11-23(21)33-16-18-8-4-6-10-22(18)26/h4-15,17H,3,16H2,1-2H3,(H,27,29)(H,28,30)/t17-/m0/s1. The number of halogens is 1. The highest BCUT2D eigenvalue weighted by Crippen LogP contribution is 2.27. The van der Waals surface area contributed by atoms with Gasteiger partial charge in [-0.25, -0.2) is 4.39 Å². The van der Waals surface area contributed by atoms with E-state index >= 15 is 0 Å². The van der Waals surface area contributed by atoms with E-state index in [4.69, 9.17) is 9.47 Å². The van der Waals surface area contributed by atoms with Crippen molar-refractivity contribution in [3.63, 3.8) is 0 Å². The Balaban J connectivity index is 1.54. The Morgan fingerprint density at radius 2 is 1.61 bits per heavy atom. The molecule has 0 radical (unpaired) electrons. The molecule has 0 aromatic heterocycles. The lowest BCUT2D eigenvalue weighted by atomic mass is 10.2. The van der Waals surface area contributed by atoms with Gasteiger partial charge < -0.3 is 9.47 Å². The van der Waals surface area contributed by atoms with Crippen LogP contribution in [0.1, 0.15) is 29.8 Å². The Kier molecular flexibility index (Phi) is 8.71. The van der Waals surface area contributed by atoms with Gasteiger partial charge >= 0.3 is 0 Å². The third-order valence-corrected chi connectivity index (χ3v) is 5.71. The van der Waals surface area contributed by atoms with Crippen LogP contribution in [0.3, 0.4) is 0 Å². The lowest BCUT2D eigenvalue weighted by molar-refractivity contribution is -0.128. The smallest absolute Gasteiger partial charge is 0.279 e. The second-order valence-corrected chi connectivity index (χ2v) is 8.00. The van der Waals surface area contributed by atoms with E-state index in [1.54, 1.807) is 73.7 Å². The summed E-state index contributed by atoms with van der Waals surface area (Å²) < 4.78 is 24.9. The van der Waals surface area contributed by atoms with Crippen molar-refractivity contribution < 1.29 is 23.5 Å². The first-order valence-electron chi connectivity index (χ1n) is 10.4. The van der Waals surface area contributed by atoms with Crippen LogP contribution in [0, 0.1) is 5.82 Å². The minimum absolute atomic E-state index is 0.291. The zero-order chi connectivity index (χ0) is 23.6. The molecule has 0 bridgehead atoms. The van der Waals surface area contributed by atoms with Crippen LogP contribution in [0.2, 0.25) is 0 Å². The van der Waals surface area contributed by atoms with Gasteiger partial charge in [0.15, 0.2) is 6.10 Å². The Morgan fingerprint density at radius 1 is 0.939 bits per heavy atom. The summed E-state index contributed by atoms with van der Waals surface area (Å²) in [6, 6.07) is 20.4. The predicted octanol–water partition coefficient (Wildman–Crippen LogP) is 4.75. The van der Waals surface area contributed by atoms with Gasteiger partial charge in [-0.1, -0.05) is 30.3 Å². The van der Waals surface area contributed by atoms with Gasteiger partial charge in [-0.15, -0.1) is 11.8 Å². The lowest BCUT2D eigenvalue weighted by Gasteiger charge is -2.16. The summed E-state index contributed by atoms with van der Waals surface area (Å²) >= 11 is 1.34. The van der Waals surface area contributed by atoms with Crippen LogP contribution in [-0.4, -0.2) is 24.5 Å². The SMILES string of the molecule is CCOc1ccc(O[C@@H](C)C(=O)NNC(=O)c2ccccc2SCc2ccccc2F)cc1. The molecule has 0 saturated carbocycles. The van der Waals surface area contributed by atoms with Crippen molar-refractivity contribution in [2.75, 3.05) is 6.61 Å². The third kappa shape index (κ3) is 6.98. The van der Waals surface area contributed by atoms with Gasteiger partial charge in [0.05, 0.1) is 12.2 Å². The van der Waals surface area contributed by atoms with Crippen LogP contribution in [-0.2, 0) is 10.5 Å². The number of thioether (sulfide) groups is 1. The Hall–Kier alpha value is -3.52. The van der Waals surface area contributed by atoms with Gasteiger partial charge in [-0.05, 0) is 61.9 Å². The largest absolute Gasteiger partial charge is 0.494 e. The number of hydrazine groups is 1. The van der Waals surface area contributed by atoms with Gasteiger partial charge in [0.25, 0.3) is 11.8 Å². The maximum Gasteiger partial charge on any atom is 0.279 e. The van der Waals surface area contributed by atoms with Crippen molar-refractivity contribution in [1.29, 1.82) is 0 Å². The molecule has 2 amide bonds. The molecule has 0 spiro atoms. The third-order valence-electron chi connectivity index (χ3n) is 4.59. The first-order valence-corrected chi connectivity index (χ1v) is 11.4. The van der Waals surface area contributed by atoms with Crippen molar-refractivity contribution in [1.82, 2.24) is 10.9 Å². The minimum atomic E-state index is -0.839. The van der Waals surface area contributed by atoms with Crippen molar-refractivity contribution in [3.05, 3.63) is 89.7 Å². The van der Waals surface area contributed by atoms with Crippen LogP contribution in [0.15, 0.2) is 77.7 Å². The maximum atomic E-state index is 13.9. The Labute approximate surface area is 196 Å². The van der Waals surface area contributed by atoms with E-state index in [-0.39, 0.29) is 5.82 Å². The average Bonchev–Trinajstić information content (AvgIpc) is 2.83. The molecule has 0 aliphatic rings. The molecular weight excluding hydrogens is 443 g/mol. The summed E-state index contributed by atoms with van der Waals surface area (Å²) in [5.41, 5.74) is 5.72. The van der Waals surface area contributed by atoms with E-state index in [9.17, 15) is 14.0 Å². The molecule has 3 rings (SSSR count). The zero-order valence-corrected chi connectivity index (χ0v) is 19.2. The van der Waals surface area contributed by atoms with Crippen molar-refractivity contribution in [2.45, 2.75) is 30.6 Å². The predicted molar refractivity (Wildman–Crippen MR) is 126 cm³/mol. The van der Waals surface area contributed by atoms with Crippen molar-refractivity contribution in [2.24, 2.45) is 0 Å². The number of ether oxygens (including phenoxy) is 2. The van der Waals surface area contributed by atoms with Crippen LogP contribution in [0.4, 0.5) is 4.39 Å². The van der Waals surface area contributed by atoms with Crippen molar-refractivity contribution in [3.8, 4) is 11.5 Å². The molecule has 2 N–H and O–H groups in total. The number of hydrogen-bond acceptors (Lipinski definition) is 5. The van der Waals surface area contributed by atoms with Gasteiger partial charge in [0, 0.05) is 10.6 Å². The zero-order valence-electron chi connectivity index (χ0n) is 18.3. The summed E-state index contributed by atoms with van der Waals surface area (Å²) in [7, 11) is 0. The molecule has 8 heteroatoms. The van der Waals surface area contributed by atoms with Gasteiger partial charge in [-0.3, -0.25) is 20.4 Å². The van der Waals surface area contributed by atoms with Gasteiger partial charge in [0.2, 0.25) is 0 Å². The molecular formula is C25H25FN2O4S. The number of carbonyl (C=O) groups excluding carboxylic acids is 2. The van der Waals surface area contributed by atoms with E-state index in [1.165, 1.54) is 17.8 Å². The fourth-order valence-corrected chi connectivity index (χ4v) is 3.91. The summed E-state index contributed by atoms with van der Waals surface area (Å²) in [4.78, 5) is 25.7. The van der Waals surface area contributed by atoms with Gasteiger partial charge in [-0.2, -0.15) is 0 Å². The number of benzene rings is 3. The number of carbonyl (C=O) groups is 2. The molecule has 3 aromatic carbocycles. The van der Waals surface area contributed by atoms with Crippen LogP contribution < -0.4 is 20.3 Å². The number of nitrogens with one attached hydrogen (secondary N) is 2. The molecule has 0 unspecified atom stereocenters. The topological polar surface area (TPSA) is 76.7 Å². The molecule has 172 valence electrons. The number of hydrogen-bond donors (Lipinski definition) is 2. The van der Waals surface area contributed by atoms with Crippen LogP contribution in [0.25, 0.3) is 0 Å². The molecule has 0 heterocycles. The van der Waals surface area contributed by atoms with E-state index in [0.717, 1.165) is 0 Å². The Morgan fingerprint density at radius 3 is 2.33 bits per heavy atom. The van der Waals surface area contributed by atoms with E-state index in [0.29, 0.717) is 39.9 Å². The lowest BCUT2D eigenvalue weighted by Crippen LogP contribution is -2.47. The quantitative estimate of drug-likeness (QED) is 0.350. The van der Waals surface area contributed by atoms with Gasteiger partial charge in [0.1, 0.15) is 17.3 Å². The molecule has 0 fully saturated rings. The summed E-state index contributed by atoms with van der Waals surface area (Å²) in [5.74, 6) is 0.307. The van der Waals surface area contributed by atoms with E-state index in [1.807, 2.05) is 6.92 Å². The first-order chi connectivity index (χ1) is 16.0. The fourth-order valence-electron chi connectivity index (χ4n) is 2.88. The highest BCUT2D eigenvalue weighted by atomic mass is 32.2. The van der Waals surface area contributed by atoms with Crippen LogP contribution in [0.5, 0.6) is 11.5 Å². The molecule has 0 aliphatic carbocycles. The number of rotatable bonds is 9. The second-order valence-electron chi connectivity index (χ2n) is 6.98. The van der Waals surface area contributed by atoms with E-state index in [2.05, 4.69) is 10.9 Å². The highest BCUT2D eigenvalue weighted by Gasteiger charge is 2.17. The van der Waals surface area contributed by atoms with Crippen LogP contribution >= 0.6 is 11.8 Å². The molecule has 0 aliphatic heterocycles. The monoisotopic (exact) mass is 468 g/mol. The molecule has 1 atom stereocenters. The number of amides is 2. The average molecular weight is 469 g/mol. The molecule has 0 saturated heterocycles. The summed E-state index contributed by atoms with van der Waals surface area (Å²) in [6.07, 6.45) is -0.839.